The highest BCUT2D eigenvalue weighted by Crippen LogP contribution is 2.54. The van der Waals surface area contributed by atoms with Crippen molar-refractivity contribution in [1.82, 2.24) is 14.9 Å². The zero-order valence-electron chi connectivity index (χ0n) is 17.4. The monoisotopic (exact) mass is 528 g/mol. The fourth-order valence-electron chi connectivity index (χ4n) is 5.13. The lowest BCUT2D eigenvalue weighted by atomic mass is 9.60. The van der Waals surface area contributed by atoms with Gasteiger partial charge in [-0.2, -0.15) is 0 Å². The molecule has 164 valence electrons. The van der Waals surface area contributed by atoms with Crippen LogP contribution in [0.3, 0.4) is 0 Å². The Hall–Kier alpha value is -0.130. The number of nitrogens with one attached hydrogen (secondary N) is 2. The first kappa shape index (κ1) is 24.1. The van der Waals surface area contributed by atoms with E-state index in [-0.39, 0.29) is 29.4 Å². The second-order valence-corrected chi connectivity index (χ2v) is 10.4. The number of aliphatic imine (C=N–C) groups is 1. The quantitative estimate of drug-likeness (QED) is 0.314. The van der Waals surface area contributed by atoms with Crippen LogP contribution in [0.1, 0.15) is 51.9 Å². The van der Waals surface area contributed by atoms with Crippen molar-refractivity contribution in [1.29, 1.82) is 0 Å². The van der Waals surface area contributed by atoms with Crippen molar-refractivity contribution in [3.8, 4) is 0 Å². The fraction of sp³-hybridized carbons (Fsp3) is 0.947. The van der Waals surface area contributed by atoms with Gasteiger partial charge in [0.05, 0.1) is 12.4 Å². The highest BCUT2D eigenvalue weighted by Gasteiger charge is 2.56. The van der Waals surface area contributed by atoms with Crippen LogP contribution in [-0.4, -0.2) is 70.4 Å². The molecule has 3 fully saturated rings. The summed E-state index contributed by atoms with van der Waals surface area (Å²) in [5.41, 5.74) is 0.286. The number of piperidine rings is 1. The number of hydrogen-bond acceptors (Lipinski definition) is 4. The number of ether oxygens (including phenoxy) is 1. The molecule has 2 atom stereocenters. The first-order chi connectivity index (χ1) is 12.9. The fourth-order valence-corrected chi connectivity index (χ4v) is 6.01. The maximum absolute atomic E-state index is 11.6. The second kappa shape index (κ2) is 10.3. The Morgan fingerprint density at radius 3 is 2.43 bits per heavy atom. The number of hydrogen-bond donors (Lipinski definition) is 2. The van der Waals surface area contributed by atoms with E-state index in [1.165, 1.54) is 31.9 Å². The predicted octanol–water partition coefficient (Wildman–Crippen LogP) is 2.18. The zero-order chi connectivity index (χ0) is 19.5. The third-order valence-electron chi connectivity index (χ3n) is 6.82. The lowest BCUT2D eigenvalue weighted by Crippen LogP contribution is -2.65. The van der Waals surface area contributed by atoms with Gasteiger partial charge in [0.25, 0.3) is 0 Å². The molecule has 2 unspecified atom stereocenters. The molecule has 1 aliphatic heterocycles. The van der Waals surface area contributed by atoms with E-state index < -0.39 is 10.0 Å². The van der Waals surface area contributed by atoms with Gasteiger partial charge in [-0.1, -0.05) is 12.8 Å². The summed E-state index contributed by atoms with van der Waals surface area (Å²) in [6.45, 7) is 4.96. The molecule has 2 saturated carbocycles. The summed E-state index contributed by atoms with van der Waals surface area (Å²) >= 11 is 0. The molecule has 3 rings (SSSR count). The van der Waals surface area contributed by atoms with Crippen LogP contribution >= 0.6 is 24.0 Å². The largest absolute Gasteiger partial charge is 0.378 e. The third-order valence-corrected chi connectivity index (χ3v) is 8.13. The number of sulfonamides is 1. The van der Waals surface area contributed by atoms with Crippen LogP contribution in [0.15, 0.2) is 4.99 Å². The Morgan fingerprint density at radius 1 is 1.25 bits per heavy atom. The lowest BCUT2D eigenvalue weighted by molar-refractivity contribution is -0.125. The van der Waals surface area contributed by atoms with E-state index >= 15 is 0 Å². The Kier molecular flexibility index (Phi) is 8.84. The summed E-state index contributed by atoms with van der Waals surface area (Å²) in [6.07, 6.45) is 9.63. The predicted molar refractivity (Wildman–Crippen MR) is 124 cm³/mol. The first-order valence-electron chi connectivity index (χ1n) is 10.4. The van der Waals surface area contributed by atoms with Gasteiger partial charge in [-0.15, -0.1) is 24.0 Å². The summed E-state index contributed by atoms with van der Waals surface area (Å²) in [6, 6.07) is 0.440. The summed E-state index contributed by atoms with van der Waals surface area (Å²) in [4.78, 5) is 4.42. The number of nitrogens with zero attached hydrogens (tertiary/aromatic N) is 2. The molecule has 28 heavy (non-hydrogen) atoms. The maximum atomic E-state index is 11.6. The summed E-state index contributed by atoms with van der Waals surface area (Å²) < 4.78 is 30.9. The van der Waals surface area contributed by atoms with Gasteiger partial charge in [0.2, 0.25) is 10.0 Å². The van der Waals surface area contributed by atoms with Crippen molar-refractivity contribution in [3.63, 3.8) is 0 Å². The van der Waals surface area contributed by atoms with Crippen molar-refractivity contribution in [3.05, 3.63) is 0 Å². The Morgan fingerprint density at radius 2 is 1.89 bits per heavy atom. The van der Waals surface area contributed by atoms with Crippen molar-refractivity contribution >= 4 is 40.0 Å². The summed E-state index contributed by atoms with van der Waals surface area (Å²) in [7, 11) is -1.23. The molecule has 7 nitrogen and oxygen atoms in total. The molecule has 0 aromatic carbocycles. The van der Waals surface area contributed by atoms with Crippen molar-refractivity contribution in [2.45, 2.75) is 64.0 Å². The molecule has 2 N–H and O–H groups in total. The minimum absolute atomic E-state index is 0. The van der Waals surface area contributed by atoms with E-state index in [2.05, 4.69) is 22.5 Å². The standard InChI is InChI=1S/C19H36N4O3S.HI/c1-4-26-17-13-16(19(17)9-5-6-10-19)22-18(20-2)21-14-15-7-11-23(12-8-15)27(3,24)25;/h15-17H,4-14H2,1-3H3,(H2,20,21,22);1H. The van der Waals surface area contributed by atoms with Gasteiger partial charge in [-0.05, 0) is 44.9 Å². The Bertz CT molecular complexity index is 629. The summed E-state index contributed by atoms with van der Waals surface area (Å²) in [5.74, 6) is 1.35. The van der Waals surface area contributed by atoms with E-state index in [0.29, 0.717) is 31.2 Å². The van der Waals surface area contributed by atoms with Crippen LogP contribution in [0.2, 0.25) is 0 Å². The number of rotatable bonds is 6. The van der Waals surface area contributed by atoms with Crippen LogP contribution in [0.5, 0.6) is 0 Å². The van der Waals surface area contributed by atoms with E-state index in [9.17, 15) is 8.42 Å². The molecular weight excluding hydrogens is 491 g/mol. The average molecular weight is 529 g/mol. The molecular formula is C19H37IN4O3S. The Balaban J connectivity index is 0.00000280. The molecule has 0 radical (unpaired) electrons. The molecule has 2 aliphatic carbocycles. The van der Waals surface area contributed by atoms with Crippen LogP contribution in [0, 0.1) is 11.3 Å². The zero-order valence-corrected chi connectivity index (χ0v) is 20.6. The minimum atomic E-state index is -3.05. The molecule has 1 spiro atoms. The number of guanidine groups is 1. The van der Waals surface area contributed by atoms with E-state index in [1.807, 2.05) is 7.05 Å². The number of halogens is 1. The molecule has 1 saturated heterocycles. The van der Waals surface area contributed by atoms with Crippen LogP contribution in [-0.2, 0) is 14.8 Å². The van der Waals surface area contributed by atoms with Gasteiger partial charge in [-0.25, -0.2) is 12.7 Å². The van der Waals surface area contributed by atoms with Gasteiger partial charge in [0, 0.05) is 44.7 Å². The summed E-state index contributed by atoms with van der Waals surface area (Å²) in [5, 5.41) is 7.12. The topological polar surface area (TPSA) is 83.0 Å². The van der Waals surface area contributed by atoms with Crippen LogP contribution < -0.4 is 10.6 Å². The molecule has 9 heteroatoms. The van der Waals surface area contributed by atoms with Gasteiger partial charge >= 0.3 is 0 Å². The highest BCUT2D eigenvalue weighted by atomic mass is 127. The minimum Gasteiger partial charge on any atom is -0.378 e. The van der Waals surface area contributed by atoms with Gasteiger partial charge in [0.15, 0.2) is 5.96 Å². The molecule has 0 aromatic heterocycles. The van der Waals surface area contributed by atoms with E-state index in [4.69, 9.17) is 4.74 Å². The highest BCUT2D eigenvalue weighted by molar-refractivity contribution is 14.0. The molecule has 0 bridgehead atoms. The van der Waals surface area contributed by atoms with Gasteiger partial charge in [-0.3, -0.25) is 4.99 Å². The molecule has 3 aliphatic rings. The second-order valence-electron chi connectivity index (χ2n) is 8.38. The Labute approximate surface area is 187 Å². The van der Waals surface area contributed by atoms with Gasteiger partial charge in [0.1, 0.15) is 0 Å². The van der Waals surface area contributed by atoms with Gasteiger partial charge < -0.3 is 15.4 Å². The SMILES string of the molecule is CCOC1CC(NC(=NC)NCC2CCN(S(C)(=O)=O)CC2)C12CCCC2.I. The van der Waals surface area contributed by atoms with Crippen molar-refractivity contribution < 1.29 is 13.2 Å². The normalized spacial score (nSPS) is 28.6. The smallest absolute Gasteiger partial charge is 0.211 e. The maximum Gasteiger partial charge on any atom is 0.211 e. The van der Waals surface area contributed by atoms with E-state index in [1.54, 1.807) is 4.31 Å². The third kappa shape index (κ3) is 5.31. The molecule has 0 amide bonds. The molecule has 0 aromatic rings. The molecule has 1 heterocycles. The van der Waals surface area contributed by atoms with Crippen molar-refractivity contribution in [2.24, 2.45) is 16.3 Å². The van der Waals surface area contributed by atoms with Crippen LogP contribution in [0.25, 0.3) is 0 Å². The lowest BCUT2D eigenvalue weighted by Gasteiger charge is -2.54. The first-order valence-corrected chi connectivity index (χ1v) is 12.3. The van der Waals surface area contributed by atoms with E-state index in [0.717, 1.165) is 38.4 Å². The van der Waals surface area contributed by atoms with Crippen molar-refractivity contribution in [2.75, 3.05) is 39.5 Å². The van der Waals surface area contributed by atoms with Crippen LogP contribution in [0.4, 0.5) is 0 Å². The average Bonchev–Trinajstić information content (AvgIpc) is 3.16.